The molecule has 0 spiro atoms. The molecule has 128 valence electrons. The summed E-state index contributed by atoms with van der Waals surface area (Å²) in [4.78, 5) is 39.1. The van der Waals surface area contributed by atoms with Gasteiger partial charge in [0.05, 0.1) is 11.8 Å². The third-order valence-corrected chi connectivity index (χ3v) is 4.95. The number of hydrogen-bond donors (Lipinski definition) is 1. The molecule has 0 aromatic heterocycles. The van der Waals surface area contributed by atoms with Gasteiger partial charge in [-0.3, -0.25) is 14.4 Å². The zero-order chi connectivity index (χ0) is 17.3. The predicted octanol–water partition coefficient (Wildman–Crippen LogP) is 1.18. The van der Waals surface area contributed by atoms with E-state index < -0.39 is 0 Å². The van der Waals surface area contributed by atoms with Gasteiger partial charge in [-0.15, -0.1) is 0 Å². The fourth-order valence-electron chi connectivity index (χ4n) is 3.27. The molecule has 24 heavy (non-hydrogen) atoms. The lowest BCUT2D eigenvalue weighted by Gasteiger charge is -2.32. The normalized spacial score (nSPS) is 22.9. The smallest absolute Gasteiger partial charge is 0.228 e. The highest BCUT2D eigenvalue weighted by Crippen LogP contribution is 2.41. The molecule has 1 aliphatic heterocycles. The third-order valence-electron chi connectivity index (χ3n) is 4.95. The van der Waals surface area contributed by atoms with Gasteiger partial charge in [0.25, 0.3) is 0 Å². The van der Waals surface area contributed by atoms with E-state index in [-0.39, 0.29) is 23.7 Å². The van der Waals surface area contributed by atoms with Gasteiger partial charge >= 0.3 is 0 Å². The zero-order valence-electron chi connectivity index (χ0n) is 14.1. The minimum atomic E-state index is -0.236. The average molecular weight is 329 g/mol. The van der Waals surface area contributed by atoms with E-state index in [9.17, 15) is 14.4 Å². The van der Waals surface area contributed by atoms with Crippen LogP contribution in [0.2, 0.25) is 0 Å². The third kappa shape index (κ3) is 3.27. The van der Waals surface area contributed by atoms with Gasteiger partial charge in [0.2, 0.25) is 18.2 Å². The quantitative estimate of drug-likeness (QED) is 0.843. The van der Waals surface area contributed by atoms with Crippen LogP contribution in [0.4, 0.5) is 5.69 Å². The summed E-state index contributed by atoms with van der Waals surface area (Å²) < 4.78 is 0. The van der Waals surface area contributed by atoms with Crippen LogP contribution in [0.1, 0.15) is 17.5 Å². The maximum atomic E-state index is 12.5. The first-order chi connectivity index (χ1) is 11.5. The van der Waals surface area contributed by atoms with Gasteiger partial charge in [-0.1, -0.05) is 18.2 Å². The molecule has 3 amide bonds. The molecule has 2 unspecified atom stereocenters. The molecule has 1 aromatic carbocycles. The second-order valence-corrected chi connectivity index (χ2v) is 6.67. The number of benzene rings is 1. The second-order valence-electron chi connectivity index (χ2n) is 6.67. The van der Waals surface area contributed by atoms with Gasteiger partial charge in [-0.2, -0.15) is 0 Å². The van der Waals surface area contributed by atoms with Crippen LogP contribution >= 0.6 is 0 Å². The van der Waals surface area contributed by atoms with Crippen molar-refractivity contribution >= 4 is 23.9 Å². The lowest BCUT2D eigenvalue weighted by atomic mass is 10.1. The van der Waals surface area contributed by atoms with Crippen LogP contribution in [0, 0.1) is 25.7 Å². The van der Waals surface area contributed by atoms with Gasteiger partial charge in [-0.05, 0) is 31.4 Å². The highest BCUT2D eigenvalue weighted by atomic mass is 16.2. The summed E-state index contributed by atoms with van der Waals surface area (Å²) in [5, 5.41) is 2.98. The van der Waals surface area contributed by atoms with Gasteiger partial charge < -0.3 is 15.1 Å². The van der Waals surface area contributed by atoms with E-state index in [2.05, 4.69) is 5.32 Å². The number of hydrogen-bond acceptors (Lipinski definition) is 3. The van der Waals surface area contributed by atoms with Gasteiger partial charge in [0.1, 0.15) is 0 Å². The van der Waals surface area contributed by atoms with Crippen molar-refractivity contribution in [3.8, 4) is 0 Å². The Morgan fingerprint density at radius 1 is 1.08 bits per heavy atom. The molecule has 6 heteroatoms. The molecule has 2 atom stereocenters. The molecule has 1 N–H and O–H groups in total. The second kappa shape index (κ2) is 6.63. The van der Waals surface area contributed by atoms with Crippen LogP contribution in [-0.2, 0) is 14.4 Å². The van der Waals surface area contributed by atoms with Crippen molar-refractivity contribution in [3.05, 3.63) is 29.3 Å². The SMILES string of the molecule is Cc1cccc(C)c1NC(=O)C1CC1C(=O)N1CCN(C=O)CC1. The Bertz CT molecular complexity index is 645. The Morgan fingerprint density at radius 3 is 2.29 bits per heavy atom. The number of carbonyl (C=O) groups excluding carboxylic acids is 3. The summed E-state index contributed by atoms with van der Waals surface area (Å²) >= 11 is 0. The molecule has 6 nitrogen and oxygen atoms in total. The monoisotopic (exact) mass is 329 g/mol. The minimum Gasteiger partial charge on any atom is -0.342 e. The van der Waals surface area contributed by atoms with Crippen molar-refractivity contribution in [2.45, 2.75) is 20.3 Å². The number of carbonyl (C=O) groups is 3. The maximum Gasteiger partial charge on any atom is 0.228 e. The van der Waals surface area contributed by atoms with Gasteiger partial charge in [-0.25, -0.2) is 0 Å². The molecule has 1 aromatic rings. The number of aryl methyl sites for hydroxylation is 2. The first kappa shape index (κ1) is 16.5. The number of nitrogens with zero attached hydrogens (tertiary/aromatic N) is 2. The summed E-state index contributed by atoms with van der Waals surface area (Å²) in [6, 6.07) is 5.89. The van der Waals surface area contributed by atoms with E-state index in [1.165, 1.54) is 0 Å². The van der Waals surface area contributed by atoms with Crippen LogP contribution in [0.3, 0.4) is 0 Å². The van der Waals surface area contributed by atoms with Crippen molar-refractivity contribution in [1.82, 2.24) is 9.80 Å². The van der Waals surface area contributed by atoms with Crippen LogP contribution in [0.5, 0.6) is 0 Å². The Kier molecular flexibility index (Phi) is 4.55. The lowest BCUT2D eigenvalue weighted by Crippen LogP contribution is -2.48. The van der Waals surface area contributed by atoms with E-state index in [1.54, 1.807) is 9.80 Å². The van der Waals surface area contributed by atoms with Gasteiger partial charge in [0.15, 0.2) is 0 Å². The van der Waals surface area contributed by atoms with Crippen molar-refractivity contribution in [2.24, 2.45) is 11.8 Å². The predicted molar refractivity (Wildman–Crippen MR) is 90.4 cm³/mol. The fraction of sp³-hybridized carbons (Fsp3) is 0.500. The van der Waals surface area contributed by atoms with Crippen LogP contribution in [-0.4, -0.2) is 54.2 Å². The number of rotatable bonds is 4. The molecule has 1 heterocycles. The van der Waals surface area contributed by atoms with Crippen molar-refractivity contribution in [1.29, 1.82) is 0 Å². The number of nitrogens with one attached hydrogen (secondary N) is 1. The summed E-state index contributed by atoms with van der Waals surface area (Å²) in [5.41, 5.74) is 2.90. The van der Waals surface area contributed by atoms with E-state index in [1.807, 2.05) is 32.0 Å². The van der Waals surface area contributed by atoms with Crippen molar-refractivity contribution < 1.29 is 14.4 Å². The van der Waals surface area contributed by atoms with E-state index in [4.69, 9.17) is 0 Å². The summed E-state index contributed by atoms with van der Waals surface area (Å²) in [7, 11) is 0. The van der Waals surface area contributed by atoms with E-state index >= 15 is 0 Å². The molecular formula is C18H23N3O3. The topological polar surface area (TPSA) is 69.7 Å². The Hall–Kier alpha value is -2.37. The number of anilines is 1. The molecule has 2 fully saturated rings. The fourth-order valence-corrected chi connectivity index (χ4v) is 3.27. The molecule has 2 aliphatic rings. The summed E-state index contributed by atoms with van der Waals surface area (Å²) in [6.07, 6.45) is 1.43. The summed E-state index contributed by atoms with van der Waals surface area (Å²) in [5.74, 6) is -0.475. The molecule has 1 saturated carbocycles. The Morgan fingerprint density at radius 2 is 1.71 bits per heavy atom. The van der Waals surface area contributed by atoms with Crippen LogP contribution in [0.15, 0.2) is 18.2 Å². The van der Waals surface area contributed by atoms with Crippen molar-refractivity contribution in [3.63, 3.8) is 0 Å². The molecule has 0 bridgehead atoms. The summed E-state index contributed by atoms with van der Waals surface area (Å²) in [6.45, 7) is 6.18. The zero-order valence-corrected chi connectivity index (χ0v) is 14.1. The number of piperazine rings is 1. The lowest BCUT2D eigenvalue weighted by molar-refractivity contribution is -0.137. The average Bonchev–Trinajstić information content (AvgIpc) is 3.38. The van der Waals surface area contributed by atoms with Gasteiger partial charge in [0, 0.05) is 31.9 Å². The van der Waals surface area contributed by atoms with Crippen LogP contribution < -0.4 is 5.32 Å². The first-order valence-electron chi connectivity index (χ1n) is 8.36. The Labute approximate surface area is 141 Å². The van der Waals surface area contributed by atoms with Crippen LogP contribution in [0.25, 0.3) is 0 Å². The van der Waals surface area contributed by atoms with Crippen molar-refractivity contribution in [2.75, 3.05) is 31.5 Å². The first-order valence-corrected chi connectivity index (χ1v) is 8.36. The highest BCUT2D eigenvalue weighted by molar-refractivity contribution is 6.00. The molecule has 3 rings (SSSR count). The Balaban J connectivity index is 1.56. The van der Waals surface area contributed by atoms with E-state index in [0.29, 0.717) is 32.6 Å². The minimum absolute atomic E-state index is 0.0437. The molecule has 0 radical (unpaired) electrons. The largest absolute Gasteiger partial charge is 0.342 e. The number of para-hydroxylation sites is 1. The maximum absolute atomic E-state index is 12.5. The highest BCUT2D eigenvalue weighted by Gasteiger charge is 2.49. The molecular weight excluding hydrogens is 306 g/mol. The molecule has 1 saturated heterocycles. The molecule has 1 aliphatic carbocycles. The standard InChI is InChI=1S/C18H23N3O3/c1-12-4-3-5-13(2)16(12)19-17(23)14-10-15(14)18(24)21-8-6-20(11-22)7-9-21/h3-5,11,14-15H,6-10H2,1-2H3,(H,19,23). The number of amides is 3. The van der Waals surface area contributed by atoms with E-state index in [0.717, 1.165) is 23.2 Å².